The first-order valence-electron chi connectivity index (χ1n) is 4.66. The Hall–Kier alpha value is -1.59. The van der Waals surface area contributed by atoms with Gasteiger partial charge in [0.25, 0.3) is 0 Å². The number of halogens is 1. The molecule has 0 aliphatic carbocycles. The first kappa shape index (κ1) is 10.9. The van der Waals surface area contributed by atoms with E-state index in [1.165, 1.54) is 12.1 Å². The molecule has 5 nitrogen and oxygen atoms in total. The van der Waals surface area contributed by atoms with Crippen LogP contribution in [0.4, 0.5) is 0 Å². The second-order valence-electron chi connectivity index (χ2n) is 3.20. The third kappa shape index (κ3) is 2.15. The number of benzene rings is 1. The Morgan fingerprint density at radius 2 is 2.25 bits per heavy atom. The molecular weight excluding hydrogens is 230 g/mol. The molecule has 0 aliphatic rings. The third-order valence-corrected chi connectivity index (χ3v) is 2.30. The summed E-state index contributed by atoms with van der Waals surface area (Å²) in [6.45, 7) is 0.490. The van der Waals surface area contributed by atoms with E-state index in [1.807, 2.05) is 0 Å². The van der Waals surface area contributed by atoms with Gasteiger partial charge in [0.2, 0.25) is 11.8 Å². The van der Waals surface area contributed by atoms with E-state index in [2.05, 4.69) is 15.5 Å². The van der Waals surface area contributed by atoms with E-state index in [4.69, 9.17) is 16.0 Å². The minimum atomic E-state index is 0.104. The molecule has 0 spiro atoms. The zero-order valence-electron chi connectivity index (χ0n) is 8.57. The first-order valence-corrected chi connectivity index (χ1v) is 5.04. The van der Waals surface area contributed by atoms with Crippen molar-refractivity contribution >= 4 is 11.6 Å². The van der Waals surface area contributed by atoms with Gasteiger partial charge in [-0.25, -0.2) is 0 Å². The molecule has 1 aromatic heterocycles. The molecule has 0 bridgehead atoms. The van der Waals surface area contributed by atoms with Crippen LogP contribution in [0.3, 0.4) is 0 Å². The largest absolute Gasteiger partial charge is 0.508 e. The molecule has 0 aliphatic heterocycles. The topological polar surface area (TPSA) is 71.2 Å². The van der Waals surface area contributed by atoms with Crippen molar-refractivity contribution in [2.45, 2.75) is 6.54 Å². The lowest BCUT2D eigenvalue weighted by Crippen LogP contribution is -2.04. The van der Waals surface area contributed by atoms with E-state index in [9.17, 15) is 5.11 Å². The molecule has 2 rings (SSSR count). The summed E-state index contributed by atoms with van der Waals surface area (Å²) in [6, 6.07) is 4.56. The highest BCUT2D eigenvalue weighted by atomic mass is 35.5. The standard InChI is InChI=1S/C10H10ClN3O2/c1-12-5-9-13-14-10(16-9)7-4-6(15)2-3-8(7)11/h2-4,12,15H,5H2,1H3. The molecule has 0 saturated heterocycles. The maximum absolute atomic E-state index is 9.35. The second kappa shape index (κ2) is 4.51. The summed E-state index contributed by atoms with van der Waals surface area (Å²) in [6.07, 6.45) is 0. The molecule has 84 valence electrons. The number of hydrogen-bond donors (Lipinski definition) is 2. The van der Waals surface area contributed by atoms with Gasteiger partial charge in [-0.05, 0) is 25.2 Å². The van der Waals surface area contributed by atoms with Gasteiger partial charge < -0.3 is 14.8 Å². The Balaban J connectivity index is 2.38. The van der Waals surface area contributed by atoms with Crippen LogP contribution in [0.5, 0.6) is 5.75 Å². The summed E-state index contributed by atoms with van der Waals surface area (Å²) in [5.41, 5.74) is 0.525. The molecule has 1 aromatic carbocycles. The molecule has 16 heavy (non-hydrogen) atoms. The molecule has 2 aromatic rings. The van der Waals surface area contributed by atoms with Crippen molar-refractivity contribution in [3.05, 3.63) is 29.1 Å². The summed E-state index contributed by atoms with van der Waals surface area (Å²) < 4.78 is 5.37. The van der Waals surface area contributed by atoms with Crippen LogP contribution >= 0.6 is 11.6 Å². The van der Waals surface area contributed by atoms with Gasteiger partial charge in [-0.3, -0.25) is 0 Å². The van der Waals surface area contributed by atoms with Crippen LogP contribution < -0.4 is 5.32 Å². The highest BCUT2D eigenvalue weighted by molar-refractivity contribution is 6.33. The van der Waals surface area contributed by atoms with Gasteiger partial charge in [0.05, 0.1) is 17.1 Å². The van der Waals surface area contributed by atoms with E-state index in [0.717, 1.165) is 0 Å². The number of aromatic nitrogens is 2. The Labute approximate surface area is 97.1 Å². The van der Waals surface area contributed by atoms with Crippen molar-refractivity contribution in [3.63, 3.8) is 0 Å². The molecule has 0 saturated carbocycles. The molecule has 1 heterocycles. The van der Waals surface area contributed by atoms with Crippen LogP contribution in [0.2, 0.25) is 5.02 Å². The SMILES string of the molecule is CNCc1nnc(-c2cc(O)ccc2Cl)o1. The van der Waals surface area contributed by atoms with Crippen LogP contribution in [-0.4, -0.2) is 22.4 Å². The molecule has 6 heteroatoms. The maximum atomic E-state index is 9.35. The Morgan fingerprint density at radius 3 is 3.00 bits per heavy atom. The van der Waals surface area contributed by atoms with E-state index in [1.54, 1.807) is 13.1 Å². The normalized spacial score (nSPS) is 10.6. The zero-order chi connectivity index (χ0) is 11.5. The third-order valence-electron chi connectivity index (χ3n) is 1.98. The van der Waals surface area contributed by atoms with Crippen molar-refractivity contribution in [1.29, 1.82) is 0 Å². The number of aromatic hydroxyl groups is 1. The van der Waals surface area contributed by atoms with Crippen molar-refractivity contribution in [2.75, 3.05) is 7.05 Å². The van der Waals surface area contributed by atoms with E-state index in [0.29, 0.717) is 28.9 Å². The van der Waals surface area contributed by atoms with Crippen molar-refractivity contribution in [3.8, 4) is 17.2 Å². The van der Waals surface area contributed by atoms with Gasteiger partial charge in [0, 0.05) is 0 Å². The molecule has 2 N–H and O–H groups in total. The summed E-state index contributed by atoms with van der Waals surface area (Å²) in [5.74, 6) is 0.871. The Morgan fingerprint density at radius 1 is 1.44 bits per heavy atom. The lowest BCUT2D eigenvalue weighted by Gasteiger charge is -1.99. The van der Waals surface area contributed by atoms with Gasteiger partial charge in [-0.15, -0.1) is 10.2 Å². The van der Waals surface area contributed by atoms with Gasteiger partial charge >= 0.3 is 0 Å². The van der Waals surface area contributed by atoms with Gasteiger partial charge in [0.1, 0.15) is 5.75 Å². The summed E-state index contributed by atoms with van der Waals surface area (Å²) >= 11 is 5.96. The van der Waals surface area contributed by atoms with E-state index >= 15 is 0 Å². The fourth-order valence-corrected chi connectivity index (χ4v) is 1.46. The lowest BCUT2D eigenvalue weighted by atomic mass is 10.2. The number of phenolic OH excluding ortho intramolecular Hbond substituents is 1. The summed E-state index contributed by atoms with van der Waals surface area (Å²) in [7, 11) is 1.78. The summed E-state index contributed by atoms with van der Waals surface area (Å²) in [4.78, 5) is 0. The van der Waals surface area contributed by atoms with Crippen molar-refractivity contribution in [1.82, 2.24) is 15.5 Å². The zero-order valence-corrected chi connectivity index (χ0v) is 9.32. The molecule has 0 atom stereocenters. The van der Waals surface area contributed by atoms with Crippen molar-refractivity contribution < 1.29 is 9.52 Å². The predicted molar refractivity (Wildman–Crippen MR) is 59.2 cm³/mol. The van der Waals surface area contributed by atoms with Gasteiger partial charge in [-0.2, -0.15) is 0 Å². The van der Waals surface area contributed by atoms with Crippen LogP contribution in [0.1, 0.15) is 5.89 Å². The molecular formula is C10H10ClN3O2. The second-order valence-corrected chi connectivity index (χ2v) is 3.60. The minimum Gasteiger partial charge on any atom is -0.508 e. The van der Waals surface area contributed by atoms with Crippen LogP contribution in [0.15, 0.2) is 22.6 Å². The van der Waals surface area contributed by atoms with E-state index < -0.39 is 0 Å². The fourth-order valence-electron chi connectivity index (χ4n) is 1.26. The monoisotopic (exact) mass is 239 g/mol. The Kier molecular flexibility index (Phi) is 3.07. The lowest BCUT2D eigenvalue weighted by molar-refractivity contribution is 0.473. The maximum Gasteiger partial charge on any atom is 0.249 e. The van der Waals surface area contributed by atoms with Crippen LogP contribution in [0.25, 0.3) is 11.5 Å². The quantitative estimate of drug-likeness (QED) is 0.855. The van der Waals surface area contributed by atoms with Crippen LogP contribution in [-0.2, 0) is 6.54 Å². The fraction of sp³-hybridized carbons (Fsp3) is 0.200. The number of nitrogens with zero attached hydrogens (tertiary/aromatic N) is 2. The summed E-state index contributed by atoms with van der Waals surface area (Å²) in [5, 5.41) is 20.4. The van der Waals surface area contributed by atoms with E-state index in [-0.39, 0.29) is 5.75 Å². The average molecular weight is 240 g/mol. The number of phenols is 1. The van der Waals surface area contributed by atoms with Crippen LogP contribution in [0, 0.1) is 0 Å². The molecule has 0 fully saturated rings. The number of nitrogens with one attached hydrogen (secondary N) is 1. The molecule has 0 unspecified atom stereocenters. The Bertz CT molecular complexity index is 499. The first-order chi connectivity index (χ1) is 7.70. The van der Waals surface area contributed by atoms with Gasteiger partial charge in [0.15, 0.2) is 0 Å². The molecule has 0 radical (unpaired) electrons. The highest BCUT2D eigenvalue weighted by Gasteiger charge is 2.12. The number of rotatable bonds is 3. The number of hydrogen-bond acceptors (Lipinski definition) is 5. The highest BCUT2D eigenvalue weighted by Crippen LogP contribution is 2.29. The predicted octanol–water partition coefficient (Wildman–Crippen LogP) is 1.81. The van der Waals surface area contributed by atoms with Gasteiger partial charge in [-0.1, -0.05) is 11.6 Å². The molecule has 0 amide bonds. The van der Waals surface area contributed by atoms with Crippen molar-refractivity contribution in [2.24, 2.45) is 0 Å². The smallest absolute Gasteiger partial charge is 0.249 e. The average Bonchev–Trinajstić information content (AvgIpc) is 2.71. The minimum absolute atomic E-state index is 0.104.